The van der Waals surface area contributed by atoms with Crippen LogP contribution in [0.4, 0.5) is 11.4 Å². The molecule has 0 atom stereocenters. The number of nitrogens with zero attached hydrogens (tertiary/aromatic N) is 2. The lowest BCUT2D eigenvalue weighted by atomic mass is 9.88. The first-order valence-corrected chi connectivity index (χ1v) is 13.8. The Labute approximate surface area is 225 Å². The smallest absolute Gasteiger partial charge is 0.335 e. The van der Waals surface area contributed by atoms with Gasteiger partial charge in [-0.2, -0.15) is 0 Å². The molecular formula is C31H38N2O5. The van der Waals surface area contributed by atoms with Gasteiger partial charge in [0.05, 0.1) is 5.69 Å². The third kappa shape index (κ3) is 7.32. The fraction of sp³-hybridized carbons (Fsp3) is 0.452. The zero-order valence-corrected chi connectivity index (χ0v) is 22.1. The van der Waals surface area contributed by atoms with Gasteiger partial charge in [0.25, 0.3) is 5.91 Å². The van der Waals surface area contributed by atoms with E-state index in [0.29, 0.717) is 17.1 Å². The van der Waals surface area contributed by atoms with E-state index in [-0.39, 0.29) is 37.1 Å². The second-order valence-corrected chi connectivity index (χ2v) is 10.1. The standard InChI is InChI=1S/C31H38N2O5/c1-2-31(36)38-28-20-12-19-27(21-28)33(26-17-10-5-11-18-26)30(35)23-37-22-29(34)32(24-13-6-3-7-14-24)25-15-8-4-9-16-25/h2,5,10-12,17-21,24-25H,1,3-4,6-9,13-16,22-23H2. The molecule has 4 rings (SSSR count). The number of hydrogen-bond acceptors (Lipinski definition) is 5. The summed E-state index contributed by atoms with van der Waals surface area (Å²) >= 11 is 0. The third-order valence-electron chi connectivity index (χ3n) is 7.40. The predicted molar refractivity (Wildman–Crippen MR) is 147 cm³/mol. The maximum absolute atomic E-state index is 13.4. The molecule has 0 aromatic heterocycles. The molecule has 7 heteroatoms. The Bertz CT molecular complexity index is 1070. The number of hydrogen-bond donors (Lipinski definition) is 0. The lowest BCUT2D eigenvalue weighted by molar-refractivity contribution is -0.144. The molecule has 0 heterocycles. The number of para-hydroxylation sites is 1. The summed E-state index contributed by atoms with van der Waals surface area (Å²) in [6.07, 6.45) is 12.4. The summed E-state index contributed by atoms with van der Waals surface area (Å²) in [5, 5.41) is 0. The molecule has 2 aromatic carbocycles. The average molecular weight is 519 g/mol. The highest BCUT2D eigenvalue weighted by molar-refractivity contribution is 6.01. The Morgan fingerprint density at radius 3 is 1.95 bits per heavy atom. The van der Waals surface area contributed by atoms with Crippen molar-refractivity contribution in [3.8, 4) is 5.75 Å². The topological polar surface area (TPSA) is 76.1 Å². The van der Waals surface area contributed by atoms with Crippen molar-refractivity contribution < 1.29 is 23.9 Å². The zero-order chi connectivity index (χ0) is 26.7. The van der Waals surface area contributed by atoms with Crippen LogP contribution < -0.4 is 9.64 Å². The van der Waals surface area contributed by atoms with Crippen LogP contribution in [0.1, 0.15) is 64.2 Å². The summed E-state index contributed by atoms with van der Waals surface area (Å²) in [7, 11) is 0. The maximum Gasteiger partial charge on any atom is 0.335 e. The van der Waals surface area contributed by atoms with E-state index in [9.17, 15) is 14.4 Å². The van der Waals surface area contributed by atoms with Crippen molar-refractivity contribution in [2.45, 2.75) is 76.3 Å². The lowest BCUT2D eigenvalue weighted by Gasteiger charge is -2.41. The van der Waals surface area contributed by atoms with Crippen LogP contribution in [0, 0.1) is 0 Å². The van der Waals surface area contributed by atoms with Gasteiger partial charge in [-0.25, -0.2) is 4.79 Å². The van der Waals surface area contributed by atoms with Gasteiger partial charge >= 0.3 is 5.97 Å². The van der Waals surface area contributed by atoms with E-state index in [0.717, 1.165) is 57.4 Å². The summed E-state index contributed by atoms with van der Waals surface area (Å²) in [4.78, 5) is 42.2. The van der Waals surface area contributed by atoms with Gasteiger partial charge in [0.15, 0.2) is 0 Å². The van der Waals surface area contributed by atoms with E-state index in [1.54, 1.807) is 24.3 Å². The Balaban J connectivity index is 1.45. The van der Waals surface area contributed by atoms with Crippen LogP contribution in [0.5, 0.6) is 5.75 Å². The van der Waals surface area contributed by atoms with Gasteiger partial charge in [-0.1, -0.05) is 69.4 Å². The Kier molecular flexibility index (Phi) is 10.1. The van der Waals surface area contributed by atoms with E-state index < -0.39 is 5.97 Å². The van der Waals surface area contributed by atoms with E-state index >= 15 is 0 Å². The van der Waals surface area contributed by atoms with Gasteiger partial charge in [-0.05, 0) is 49.9 Å². The van der Waals surface area contributed by atoms with Crippen LogP contribution in [0.15, 0.2) is 67.3 Å². The molecule has 202 valence electrons. The highest BCUT2D eigenvalue weighted by Crippen LogP contribution is 2.31. The minimum Gasteiger partial charge on any atom is -0.423 e. The first-order valence-electron chi connectivity index (χ1n) is 13.8. The lowest BCUT2D eigenvalue weighted by Crippen LogP contribution is -2.50. The summed E-state index contributed by atoms with van der Waals surface area (Å²) in [5.74, 6) is -0.617. The van der Waals surface area contributed by atoms with Crippen LogP contribution in [0.3, 0.4) is 0 Å². The molecular weight excluding hydrogens is 480 g/mol. The second kappa shape index (κ2) is 13.9. The molecule has 2 aromatic rings. The summed E-state index contributed by atoms with van der Waals surface area (Å²) in [5.41, 5.74) is 1.17. The molecule has 2 fully saturated rings. The van der Waals surface area contributed by atoms with Crippen molar-refractivity contribution in [3.05, 3.63) is 67.3 Å². The van der Waals surface area contributed by atoms with Crippen molar-refractivity contribution in [2.24, 2.45) is 0 Å². The first-order chi connectivity index (χ1) is 18.6. The SMILES string of the molecule is C=CC(=O)Oc1cccc(N(C(=O)COCC(=O)N(C2CCCCC2)C2CCCCC2)c2ccccc2)c1. The summed E-state index contributed by atoms with van der Waals surface area (Å²) in [6, 6.07) is 16.5. The fourth-order valence-corrected chi connectivity index (χ4v) is 5.65. The van der Waals surface area contributed by atoms with E-state index in [1.807, 2.05) is 30.3 Å². The Morgan fingerprint density at radius 1 is 0.763 bits per heavy atom. The van der Waals surface area contributed by atoms with Gasteiger partial charge in [-0.15, -0.1) is 0 Å². The Hall–Kier alpha value is -3.45. The molecule has 0 N–H and O–H groups in total. The maximum atomic E-state index is 13.4. The van der Waals surface area contributed by atoms with Gasteiger partial charge in [0.1, 0.15) is 19.0 Å². The molecule has 0 saturated heterocycles. The molecule has 2 aliphatic carbocycles. The van der Waals surface area contributed by atoms with Crippen LogP contribution in [-0.4, -0.2) is 48.0 Å². The summed E-state index contributed by atoms with van der Waals surface area (Å²) < 4.78 is 11.0. The van der Waals surface area contributed by atoms with Gasteiger partial charge in [0, 0.05) is 29.9 Å². The fourth-order valence-electron chi connectivity index (χ4n) is 5.65. The predicted octanol–water partition coefficient (Wildman–Crippen LogP) is 5.95. The largest absolute Gasteiger partial charge is 0.423 e. The Morgan fingerprint density at radius 2 is 1.34 bits per heavy atom. The number of rotatable bonds is 10. The number of amides is 2. The molecule has 0 spiro atoms. The van der Waals surface area contributed by atoms with E-state index in [4.69, 9.17) is 9.47 Å². The second-order valence-electron chi connectivity index (χ2n) is 10.1. The van der Waals surface area contributed by atoms with Gasteiger partial charge < -0.3 is 14.4 Å². The van der Waals surface area contributed by atoms with Crippen LogP contribution >= 0.6 is 0 Å². The van der Waals surface area contributed by atoms with E-state index in [2.05, 4.69) is 11.5 Å². The average Bonchev–Trinajstić information content (AvgIpc) is 2.95. The highest BCUT2D eigenvalue weighted by atomic mass is 16.5. The number of carbonyl (C=O) groups is 3. The number of anilines is 2. The molecule has 2 saturated carbocycles. The minimum atomic E-state index is -0.581. The molecule has 7 nitrogen and oxygen atoms in total. The molecule has 2 amide bonds. The van der Waals surface area contributed by atoms with E-state index in [1.165, 1.54) is 17.7 Å². The minimum absolute atomic E-state index is 0.0128. The molecule has 2 aliphatic rings. The monoisotopic (exact) mass is 518 g/mol. The van der Waals surface area contributed by atoms with Crippen LogP contribution in [0.25, 0.3) is 0 Å². The highest BCUT2D eigenvalue weighted by Gasteiger charge is 2.32. The van der Waals surface area contributed by atoms with Crippen molar-refractivity contribution in [3.63, 3.8) is 0 Å². The number of benzene rings is 2. The summed E-state index contributed by atoms with van der Waals surface area (Å²) in [6.45, 7) is 3.06. The van der Waals surface area contributed by atoms with Crippen LogP contribution in [0.2, 0.25) is 0 Å². The quantitative estimate of drug-likeness (QED) is 0.221. The molecule has 38 heavy (non-hydrogen) atoms. The van der Waals surface area contributed by atoms with Crippen molar-refractivity contribution >= 4 is 29.2 Å². The van der Waals surface area contributed by atoms with Crippen molar-refractivity contribution in [1.29, 1.82) is 0 Å². The van der Waals surface area contributed by atoms with Crippen molar-refractivity contribution in [1.82, 2.24) is 4.90 Å². The van der Waals surface area contributed by atoms with Gasteiger partial charge in [0.2, 0.25) is 5.91 Å². The normalized spacial score (nSPS) is 16.4. The molecule has 0 aliphatic heterocycles. The van der Waals surface area contributed by atoms with Crippen molar-refractivity contribution in [2.75, 3.05) is 18.1 Å². The van der Waals surface area contributed by atoms with Gasteiger partial charge in [-0.3, -0.25) is 14.5 Å². The number of ether oxygens (including phenoxy) is 2. The zero-order valence-electron chi connectivity index (χ0n) is 22.1. The number of esters is 1. The number of carbonyl (C=O) groups excluding carboxylic acids is 3. The van der Waals surface area contributed by atoms with Crippen LogP contribution in [-0.2, 0) is 19.1 Å². The molecule has 0 bridgehead atoms. The molecule has 0 unspecified atom stereocenters. The third-order valence-corrected chi connectivity index (χ3v) is 7.40. The first kappa shape index (κ1) is 27.6. The molecule has 0 radical (unpaired) electrons.